The second-order valence-corrected chi connectivity index (χ2v) is 7.08. The normalized spacial score (nSPS) is 15.1. The molecule has 1 aliphatic rings. The first-order chi connectivity index (χ1) is 12.6. The van der Waals surface area contributed by atoms with Gasteiger partial charge in [-0.25, -0.2) is 4.98 Å². The Hall–Kier alpha value is -1.76. The molecule has 1 aliphatic heterocycles. The van der Waals surface area contributed by atoms with E-state index in [1.807, 2.05) is 42.1 Å². The largest absolute Gasteiger partial charge is 0.486 e. The maximum absolute atomic E-state index is 12.3. The highest BCUT2D eigenvalue weighted by atomic mass is 35.5. The van der Waals surface area contributed by atoms with E-state index >= 15 is 0 Å². The molecule has 1 unspecified atom stereocenters. The summed E-state index contributed by atoms with van der Waals surface area (Å²) in [6.45, 7) is 4.74. The van der Waals surface area contributed by atoms with Crippen molar-refractivity contribution in [2.45, 2.75) is 32.8 Å². The monoisotopic (exact) mass is 428 g/mol. The molecule has 1 saturated heterocycles. The Morgan fingerprint density at radius 1 is 1.29 bits per heavy atom. The lowest BCUT2D eigenvalue weighted by molar-refractivity contribution is -0.117. The summed E-state index contributed by atoms with van der Waals surface area (Å²) in [6, 6.07) is 7.49. The number of hydrogen-bond donors (Lipinski definition) is 2. The highest BCUT2D eigenvalue weighted by Gasteiger charge is 2.22. The number of imidazole rings is 1. The van der Waals surface area contributed by atoms with Crippen LogP contribution in [0.5, 0.6) is 5.75 Å². The Balaban J connectivity index is 0.00000196. The topological polar surface area (TPSA) is 68.2 Å². The molecular weight excluding hydrogens is 399 g/mol. The molecule has 2 heterocycles. The molecule has 1 amide bonds. The SMILES string of the molecule is CC(CC(=O)Nc1ccc(OCc2nccn2C)cc1)C1CCNCC1.Cl.Cl. The van der Waals surface area contributed by atoms with Crippen LogP contribution in [-0.2, 0) is 18.4 Å². The molecule has 0 radical (unpaired) electrons. The number of anilines is 1. The summed E-state index contributed by atoms with van der Waals surface area (Å²) in [5.74, 6) is 2.77. The van der Waals surface area contributed by atoms with Gasteiger partial charge < -0.3 is 19.9 Å². The maximum atomic E-state index is 12.3. The van der Waals surface area contributed by atoms with Crippen molar-refractivity contribution in [3.8, 4) is 5.75 Å². The predicted octanol–water partition coefficient (Wildman–Crippen LogP) is 3.81. The van der Waals surface area contributed by atoms with Crippen molar-refractivity contribution in [1.82, 2.24) is 14.9 Å². The Labute approximate surface area is 179 Å². The van der Waals surface area contributed by atoms with Gasteiger partial charge in [-0.3, -0.25) is 4.79 Å². The van der Waals surface area contributed by atoms with Crippen LogP contribution in [0.2, 0.25) is 0 Å². The summed E-state index contributed by atoms with van der Waals surface area (Å²) in [7, 11) is 1.94. The fourth-order valence-corrected chi connectivity index (χ4v) is 3.40. The third-order valence-electron chi connectivity index (χ3n) is 5.12. The van der Waals surface area contributed by atoms with E-state index in [1.165, 1.54) is 0 Å². The number of halogens is 2. The van der Waals surface area contributed by atoms with Crippen molar-refractivity contribution in [3.05, 3.63) is 42.5 Å². The van der Waals surface area contributed by atoms with E-state index in [-0.39, 0.29) is 30.7 Å². The molecule has 156 valence electrons. The standard InChI is InChI=1S/C20H28N4O2.2ClH/c1-15(16-7-9-21-10-8-16)13-20(25)23-17-3-5-18(6-4-17)26-14-19-22-11-12-24(19)2;;/h3-6,11-12,15-16,21H,7-10,13-14H2,1-2H3,(H,23,25);2*1H. The third-order valence-corrected chi connectivity index (χ3v) is 5.12. The number of nitrogens with zero attached hydrogens (tertiary/aromatic N) is 2. The van der Waals surface area contributed by atoms with Gasteiger partial charge in [-0.2, -0.15) is 0 Å². The van der Waals surface area contributed by atoms with Crippen LogP contribution in [0.3, 0.4) is 0 Å². The Morgan fingerprint density at radius 2 is 1.96 bits per heavy atom. The molecule has 2 N–H and O–H groups in total. The molecule has 3 rings (SSSR count). The average Bonchev–Trinajstić information content (AvgIpc) is 3.06. The number of amides is 1. The summed E-state index contributed by atoms with van der Waals surface area (Å²) < 4.78 is 7.66. The van der Waals surface area contributed by atoms with Crippen molar-refractivity contribution < 1.29 is 9.53 Å². The van der Waals surface area contributed by atoms with E-state index in [9.17, 15) is 4.79 Å². The molecule has 1 atom stereocenters. The fraction of sp³-hybridized carbons (Fsp3) is 0.500. The van der Waals surface area contributed by atoms with Gasteiger partial charge in [0, 0.05) is 31.5 Å². The molecule has 0 saturated carbocycles. The van der Waals surface area contributed by atoms with Crippen LogP contribution in [0.15, 0.2) is 36.7 Å². The van der Waals surface area contributed by atoms with Crippen LogP contribution in [0.4, 0.5) is 5.69 Å². The summed E-state index contributed by atoms with van der Waals surface area (Å²) in [6.07, 6.45) is 6.54. The summed E-state index contributed by atoms with van der Waals surface area (Å²) >= 11 is 0. The van der Waals surface area contributed by atoms with Gasteiger partial charge in [-0.05, 0) is 62.0 Å². The molecule has 28 heavy (non-hydrogen) atoms. The maximum Gasteiger partial charge on any atom is 0.224 e. The van der Waals surface area contributed by atoms with Crippen molar-refractivity contribution in [2.75, 3.05) is 18.4 Å². The molecule has 0 spiro atoms. The highest BCUT2D eigenvalue weighted by Crippen LogP contribution is 2.25. The summed E-state index contributed by atoms with van der Waals surface area (Å²) in [5, 5.41) is 6.36. The van der Waals surface area contributed by atoms with Crippen molar-refractivity contribution in [1.29, 1.82) is 0 Å². The van der Waals surface area contributed by atoms with Crippen molar-refractivity contribution in [2.24, 2.45) is 18.9 Å². The molecule has 8 heteroatoms. The van der Waals surface area contributed by atoms with Crippen molar-refractivity contribution in [3.63, 3.8) is 0 Å². The Bertz CT molecular complexity index is 715. The number of aryl methyl sites for hydroxylation is 1. The highest BCUT2D eigenvalue weighted by molar-refractivity contribution is 5.90. The number of piperidine rings is 1. The van der Waals surface area contributed by atoms with Gasteiger partial charge in [0.2, 0.25) is 5.91 Å². The third kappa shape index (κ3) is 7.00. The molecule has 6 nitrogen and oxygen atoms in total. The van der Waals surface area contributed by atoms with Gasteiger partial charge in [-0.15, -0.1) is 24.8 Å². The first-order valence-corrected chi connectivity index (χ1v) is 9.31. The second-order valence-electron chi connectivity index (χ2n) is 7.08. The van der Waals surface area contributed by atoms with Gasteiger partial charge in [-0.1, -0.05) is 6.92 Å². The van der Waals surface area contributed by atoms with E-state index in [4.69, 9.17) is 4.74 Å². The number of carbonyl (C=O) groups is 1. The first-order valence-electron chi connectivity index (χ1n) is 9.31. The average molecular weight is 429 g/mol. The number of nitrogens with one attached hydrogen (secondary N) is 2. The van der Waals surface area contributed by atoms with Gasteiger partial charge in [0.15, 0.2) is 0 Å². The molecule has 0 aliphatic carbocycles. The summed E-state index contributed by atoms with van der Waals surface area (Å²) in [5.41, 5.74) is 0.803. The number of aromatic nitrogens is 2. The van der Waals surface area contributed by atoms with Gasteiger partial charge in [0.05, 0.1) is 0 Å². The molecule has 1 fully saturated rings. The van der Waals surface area contributed by atoms with Crippen molar-refractivity contribution >= 4 is 36.4 Å². The second kappa shape index (κ2) is 11.9. The first kappa shape index (κ1) is 24.3. The van der Waals surface area contributed by atoms with Gasteiger partial charge >= 0.3 is 0 Å². The zero-order chi connectivity index (χ0) is 18.4. The lowest BCUT2D eigenvalue weighted by Crippen LogP contribution is -2.32. The molecule has 2 aromatic rings. The molecule has 1 aromatic heterocycles. The van der Waals surface area contributed by atoms with Crippen LogP contribution < -0.4 is 15.4 Å². The minimum atomic E-state index is 0. The van der Waals surface area contributed by atoms with Crippen LogP contribution in [0.1, 0.15) is 32.0 Å². The Morgan fingerprint density at radius 3 is 2.57 bits per heavy atom. The zero-order valence-corrected chi connectivity index (χ0v) is 18.0. The van der Waals surface area contributed by atoms with Crippen LogP contribution >= 0.6 is 24.8 Å². The number of rotatable bonds is 7. The van der Waals surface area contributed by atoms with Crippen LogP contribution in [0.25, 0.3) is 0 Å². The quantitative estimate of drug-likeness (QED) is 0.703. The summed E-state index contributed by atoms with van der Waals surface area (Å²) in [4.78, 5) is 16.5. The van der Waals surface area contributed by atoms with E-state index < -0.39 is 0 Å². The van der Waals surface area contributed by atoms with Gasteiger partial charge in [0.1, 0.15) is 18.2 Å². The number of ether oxygens (including phenoxy) is 1. The number of benzene rings is 1. The van der Waals surface area contributed by atoms with E-state index in [2.05, 4.69) is 22.5 Å². The Kier molecular flexibility index (Phi) is 10.4. The predicted molar refractivity (Wildman–Crippen MR) is 116 cm³/mol. The minimum Gasteiger partial charge on any atom is -0.486 e. The van der Waals surface area contributed by atoms with Gasteiger partial charge in [0.25, 0.3) is 0 Å². The van der Waals surface area contributed by atoms with E-state index in [0.717, 1.165) is 43.2 Å². The fourth-order valence-electron chi connectivity index (χ4n) is 3.40. The van der Waals surface area contributed by atoms with Crippen LogP contribution in [0, 0.1) is 11.8 Å². The smallest absolute Gasteiger partial charge is 0.224 e. The lowest BCUT2D eigenvalue weighted by atomic mass is 9.84. The van der Waals surface area contributed by atoms with Crippen LogP contribution in [-0.4, -0.2) is 28.5 Å². The molecule has 1 aromatic carbocycles. The van der Waals surface area contributed by atoms with E-state index in [0.29, 0.717) is 24.9 Å². The van der Waals surface area contributed by atoms with E-state index in [1.54, 1.807) is 6.20 Å². The minimum absolute atomic E-state index is 0. The molecular formula is C20H30Cl2N4O2. The zero-order valence-electron chi connectivity index (χ0n) is 16.4. The molecule has 0 bridgehead atoms. The number of carbonyl (C=O) groups excluding carboxylic acids is 1. The lowest BCUT2D eigenvalue weighted by Gasteiger charge is -2.27. The number of hydrogen-bond acceptors (Lipinski definition) is 4.